The molecule has 104 valence electrons. The Morgan fingerprint density at radius 3 is 2.95 bits per heavy atom. The maximum Gasteiger partial charge on any atom is 0.270 e. The van der Waals surface area contributed by atoms with E-state index in [9.17, 15) is 14.9 Å². The molecule has 0 aliphatic heterocycles. The molecule has 0 aliphatic carbocycles. The van der Waals surface area contributed by atoms with E-state index in [0.717, 1.165) is 12.8 Å². The molecule has 0 saturated heterocycles. The zero-order valence-electron chi connectivity index (χ0n) is 11.0. The van der Waals surface area contributed by atoms with E-state index in [1.54, 1.807) is 18.2 Å². The number of benzene rings is 1. The zero-order chi connectivity index (χ0) is 14.8. The number of amides is 1. The topological polar surface area (TPSA) is 72.2 Å². The van der Waals surface area contributed by atoms with E-state index < -0.39 is 4.92 Å². The van der Waals surface area contributed by atoms with E-state index in [-0.39, 0.29) is 11.6 Å². The quantitative estimate of drug-likeness (QED) is 0.272. The van der Waals surface area contributed by atoms with Crippen molar-refractivity contribution in [1.29, 1.82) is 0 Å². The summed E-state index contributed by atoms with van der Waals surface area (Å²) < 4.78 is 0. The minimum absolute atomic E-state index is 0.00171. The van der Waals surface area contributed by atoms with Gasteiger partial charge in [0.25, 0.3) is 5.69 Å². The number of carbonyl (C=O) groups excluding carboxylic acids is 1. The number of hydrogen-bond acceptors (Lipinski definition) is 3. The molecule has 1 amide bonds. The zero-order valence-corrected chi connectivity index (χ0v) is 11.0. The van der Waals surface area contributed by atoms with Crippen molar-refractivity contribution in [3.8, 4) is 12.3 Å². The SMILES string of the molecule is C#CCCCCNC(=O)/C=C/c1cccc([N+](=O)[O-])c1. The van der Waals surface area contributed by atoms with Gasteiger partial charge in [0.1, 0.15) is 0 Å². The lowest BCUT2D eigenvalue weighted by Gasteiger charge is -2.00. The van der Waals surface area contributed by atoms with E-state index in [1.165, 1.54) is 18.2 Å². The average Bonchev–Trinajstić information content (AvgIpc) is 2.45. The molecule has 0 atom stereocenters. The Morgan fingerprint density at radius 2 is 2.25 bits per heavy atom. The molecule has 0 spiro atoms. The third kappa shape index (κ3) is 5.83. The molecular weight excluding hydrogens is 256 g/mol. The minimum Gasteiger partial charge on any atom is -0.353 e. The molecule has 0 radical (unpaired) electrons. The highest BCUT2D eigenvalue weighted by atomic mass is 16.6. The summed E-state index contributed by atoms with van der Waals surface area (Å²) in [5.74, 6) is 2.31. The first-order chi connectivity index (χ1) is 9.63. The number of nitro groups is 1. The van der Waals surface area contributed by atoms with Crippen molar-refractivity contribution in [2.45, 2.75) is 19.3 Å². The van der Waals surface area contributed by atoms with E-state index in [4.69, 9.17) is 6.42 Å². The van der Waals surface area contributed by atoms with Crippen molar-refractivity contribution >= 4 is 17.7 Å². The van der Waals surface area contributed by atoms with Crippen molar-refractivity contribution in [2.24, 2.45) is 0 Å². The summed E-state index contributed by atoms with van der Waals surface area (Å²) in [5.41, 5.74) is 0.614. The molecule has 0 saturated carbocycles. The number of hydrogen-bond donors (Lipinski definition) is 1. The molecule has 0 bridgehead atoms. The lowest BCUT2D eigenvalue weighted by atomic mass is 10.2. The van der Waals surface area contributed by atoms with Crippen molar-refractivity contribution in [3.05, 3.63) is 46.0 Å². The van der Waals surface area contributed by atoms with Gasteiger partial charge in [-0.2, -0.15) is 0 Å². The summed E-state index contributed by atoms with van der Waals surface area (Å²) in [6.07, 6.45) is 10.4. The van der Waals surface area contributed by atoms with Gasteiger partial charge in [0.2, 0.25) is 5.91 Å². The molecule has 1 rings (SSSR count). The van der Waals surface area contributed by atoms with Crippen LogP contribution in [0.4, 0.5) is 5.69 Å². The maximum atomic E-state index is 11.5. The number of non-ortho nitro benzene ring substituents is 1. The first-order valence-corrected chi connectivity index (χ1v) is 6.27. The van der Waals surface area contributed by atoms with Crippen molar-refractivity contribution in [2.75, 3.05) is 6.54 Å². The normalized spacial score (nSPS) is 10.2. The Kier molecular flexibility index (Phi) is 6.55. The van der Waals surface area contributed by atoms with Crippen LogP contribution in [0.2, 0.25) is 0 Å². The molecule has 5 heteroatoms. The summed E-state index contributed by atoms with van der Waals surface area (Å²) in [7, 11) is 0. The molecule has 1 aromatic carbocycles. The van der Waals surface area contributed by atoms with Gasteiger partial charge in [-0.25, -0.2) is 0 Å². The smallest absolute Gasteiger partial charge is 0.270 e. The van der Waals surface area contributed by atoms with Crippen LogP contribution >= 0.6 is 0 Å². The van der Waals surface area contributed by atoms with Crippen LogP contribution in [0, 0.1) is 22.5 Å². The van der Waals surface area contributed by atoms with Gasteiger partial charge in [0.05, 0.1) is 4.92 Å². The third-order valence-electron chi connectivity index (χ3n) is 2.56. The lowest BCUT2D eigenvalue weighted by Crippen LogP contribution is -2.21. The van der Waals surface area contributed by atoms with Gasteiger partial charge in [-0.3, -0.25) is 14.9 Å². The molecule has 0 aliphatic rings. The average molecular weight is 272 g/mol. The van der Waals surface area contributed by atoms with Crippen LogP contribution in [0.25, 0.3) is 6.08 Å². The van der Waals surface area contributed by atoms with E-state index in [0.29, 0.717) is 18.5 Å². The fraction of sp³-hybridized carbons (Fsp3) is 0.267. The fourth-order valence-electron chi connectivity index (χ4n) is 1.54. The fourth-order valence-corrected chi connectivity index (χ4v) is 1.54. The monoisotopic (exact) mass is 272 g/mol. The second-order valence-electron chi connectivity index (χ2n) is 4.14. The highest BCUT2D eigenvalue weighted by Gasteiger charge is 2.03. The van der Waals surface area contributed by atoms with Gasteiger partial charge >= 0.3 is 0 Å². The minimum atomic E-state index is -0.469. The standard InChI is InChI=1S/C15H16N2O3/c1-2-3-4-5-11-16-15(18)10-9-13-7-6-8-14(12-13)17(19)20/h1,6-10,12H,3-5,11H2,(H,16,18)/b10-9+. The number of rotatable bonds is 7. The summed E-state index contributed by atoms with van der Waals surface area (Å²) in [5, 5.41) is 13.3. The second kappa shape index (κ2) is 8.48. The first kappa shape index (κ1) is 15.4. The van der Waals surface area contributed by atoms with Gasteiger partial charge in [-0.05, 0) is 24.5 Å². The summed E-state index contributed by atoms with van der Waals surface area (Å²) in [6.45, 7) is 0.569. The van der Waals surface area contributed by atoms with Gasteiger partial charge in [0.15, 0.2) is 0 Å². The molecule has 0 heterocycles. The first-order valence-electron chi connectivity index (χ1n) is 6.27. The molecule has 0 fully saturated rings. The van der Waals surface area contributed by atoms with Crippen LogP contribution in [-0.2, 0) is 4.79 Å². The highest BCUT2D eigenvalue weighted by Crippen LogP contribution is 2.13. The van der Waals surface area contributed by atoms with E-state index >= 15 is 0 Å². The summed E-state index contributed by atoms with van der Waals surface area (Å²) in [4.78, 5) is 21.6. The summed E-state index contributed by atoms with van der Waals surface area (Å²) >= 11 is 0. The largest absolute Gasteiger partial charge is 0.353 e. The van der Waals surface area contributed by atoms with Gasteiger partial charge in [-0.15, -0.1) is 12.3 Å². The molecule has 0 aromatic heterocycles. The Hall–Kier alpha value is -2.61. The Labute approximate surface area is 117 Å². The van der Waals surface area contributed by atoms with Crippen LogP contribution in [0.3, 0.4) is 0 Å². The molecule has 0 unspecified atom stereocenters. The second-order valence-corrected chi connectivity index (χ2v) is 4.14. The van der Waals surface area contributed by atoms with Crippen molar-refractivity contribution < 1.29 is 9.72 Å². The maximum absolute atomic E-state index is 11.5. The molecule has 1 N–H and O–H groups in total. The van der Waals surface area contributed by atoms with Crippen molar-refractivity contribution in [1.82, 2.24) is 5.32 Å². The lowest BCUT2D eigenvalue weighted by molar-refractivity contribution is -0.384. The predicted octanol–water partition coefficient (Wildman–Crippen LogP) is 2.53. The number of terminal acetylenes is 1. The number of nitrogens with one attached hydrogen (secondary N) is 1. The van der Waals surface area contributed by atoms with Crippen LogP contribution < -0.4 is 5.32 Å². The highest BCUT2D eigenvalue weighted by molar-refractivity contribution is 5.91. The number of nitro benzene ring substituents is 1. The van der Waals surface area contributed by atoms with Gasteiger partial charge < -0.3 is 5.32 Å². The van der Waals surface area contributed by atoms with Crippen LogP contribution in [0.1, 0.15) is 24.8 Å². The summed E-state index contributed by atoms with van der Waals surface area (Å²) in [6, 6.07) is 6.10. The Balaban J connectivity index is 2.43. The predicted molar refractivity (Wildman–Crippen MR) is 77.8 cm³/mol. The molecule has 1 aromatic rings. The number of nitrogens with zero attached hydrogens (tertiary/aromatic N) is 1. The molecule has 20 heavy (non-hydrogen) atoms. The van der Waals surface area contributed by atoms with E-state index in [2.05, 4.69) is 11.2 Å². The van der Waals surface area contributed by atoms with E-state index in [1.807, 2.05) is 0 Å². The van der Waals surface area contributed by atoms with Gasteiger partial charge in [0, 0.05) is 31.2 Å². The molecular formula is C15H16N2O3. The van der Waals surface area contributed by atoms with Gasteiger partial charge in [-0.1, -0.05) is 12.1 Å². The number of carbonyl (C=O) groups is 1. The Morgan fingerprint density at radius 1 is 1.45 bits per heavy atom. The van der Waals surface area contributed by atoms with Crippen LogP contribution in [-0.4, -0.2) is 17.4 Å². The third-order valence-corrected chi connectivity index (χ3v) is 2.56. The Bertz CT molecular complexity index is 544. The van der Waals surface area contributed by atoms with Crippen LogP contribution in [0.15, 0.2) is 30.3 Å². The van der Waals surface area contributed by atoms with Crippen molar-refractivity contribution in [3.63, 3.8) is 0 Å². The number of unbranched alkanes of at least 4 members (excludes halogenated alkanes) is 2. The van der Waals surface area contributed by atoms with Crippen LogP contribution in [0.5, 0.6) is 0 Å². The molecule has 5 nitrogen and oxygen atoms in total.